The summed E-state index contributed by atoms with van der Waals surface area (Å²) in [5.41, 5.74) is 5.23. The van der Waals surface area contributed by atoms with Gasteiger partial charge in [-0.05, 0) is 6.42 Å². The molecule has 0 aromatic heterocycles. The average Bonchev–Trinajstić information content (AvgIpc) is 2.03. The third-order valence-corrected chi connectivity index (χ3v) is 1.15. The van der Waals surface area contributed by atoms with Crippen LogP contribution in [-0.2, 0) is 9.47 Å². The van der Waals surface area contributed by atoms with Crippen LogP contribution in [0.1, 0.15) is 6.42 Å². The second-order valence-electron chi connectivity index (χ2n) is 2.13. The van der Waals surface area contributed by atoms with Crippen molar-refractivity contribution >= 4 is 0 Å². The van der Waals surface area contributed by atoms with E-state index in [-0.39, 0.29) is 0 Å². The Bertz CT molecular complexity index is 94.1. The first-order valence-corrected chi connectivity index (χ1v) is 3.83. The van der Waals surface area contributed by atoms with Gasteiger partial charge in [-0.25, -0.2) is 0 Å². The van der Waals surface area contributed by atoms with E-state index in [4.69, 9.17) is 15.2 Å². The van der Waals surface area contributed by atoms with Gasteiger partial charge in [0.15, 0.2) is 0 Å². The first kappa shape index (κ1) is 10.6. The standard InChI is InChI=1S/C8H17NO2/c1-10-6-4-8-11-7-3-2-5-9/h2-3H,4-9H2,1H3. The highest BCUT2D eigenvalue weighted by Gasteiger charge is 1.84. The molecule has 11 heavy (non-hydrogen) atoms. The molecule has 3 heteroatoms. The molecule has 0 heterocycles. The van der Waals surface area contributed by atoms with E-state index < -0.39 is 0 Å². The first-order chi connectivity index (χ1) is 5.41. The molecule has 2 N–H and O–H groups in total. The van der Waals surface area contributed by atoms with Gasteiger partial charge in [0, 0.05) is 26.9 Å². The molecule has 0 amide bonds. The Morgan fingerprint density at radius 3 is 2.73 bits per heavy atom. The monoisotopic (exact) mass is 159 g/mol. The van der Waals surface area contributed by atoms with Crippen molar-refractivity contribution in [3.8, 4) is 0 Å². The van der Waals surface area contributed by atoms with Gasteiger partial charge in [0.2, 0.25) is 0 Å². The van der Waals surface area contributed by atoms with Crippen LogP contribution >= 0.6 is 0 Å². The van der Waals surface area contributed by atoms with Crippen molar-refractivity contribution in [2.45, 2.75) is 6.42 Å². The molecule has 0 saturated carbocycles. The van der Waals surface area contributed by atoms with Gasteiger partial charge in [0.25, 0.3) is 0 Å². The zero-order valence-corrected chi connectivity index (χ0v) is 7.08. The highest BCUT2D eigenvalue weighted by Crippen LogP contribution is 1.83. The smallest absolute Gasteiger partial charge is 0.0647 e. The molecule has 0 unspecified atom stereocenters. The zero-order valence-electron chi connectivity index (χ0n) is 7.08. The molecule has 0 aromatic rings. The summed E-state index contributed by atoms with van der Waals surface area (Å²) < 4.78 is 10.1. The molecule has 3 nitrogen and oxygen atoms in total. The summed E-state index contributed by atoms with van der Waals surface area (Å²) in [4.78, 5) is 0. The molecule has 0 aliphatic carbocycles. The molecule has 0 bridgehead atoms. The van der Waals surface area contributed by atoms with Crippen molar-refractivity contribution in [1.82, 2.24) is 0 Å². The molecular formula is C8H17NO2. The fourth-order valence-electron chi connectivity index (χ4n) is 0.621. The Morgan fingerprint density at radius 2 is 2.09 bits per heavy atom. The van der Waals surface area contributed by atoms with E-state index in [1.54, 1.807) is 7.11 Å². The Hall–Kier alpha value is -0.380. The maximum atomic E-state index is 5.23. The van der Waals surface area contributed by atoms with Crippen molar-refractivity contribution in [3.05, 3.63) is 12.2 Å². The average molecular weight is 159 g/mol. The number of rotatable bonds is 7. The van der Waals surface area contributed by atoms with Gasteiger partial charge in [-0.15, -0.1) is 0 Å². The number of ether oxygens (including phenoxy) is 2. The SMILES string of the molecule is COCCCOCC=CCN. The minimum absolute atomic E-state index is 0.585. The van der Waals surface area contributed by atoms with Gasteiger partial charge < -0.3 is 15.2 Å². The Labute approximate surface area is 68.2 Å². The summed E-state index contributed by atoms with van der Waals surface area (Å²) in [5.74, 6) is 0. The molecule has 0 radical (unpaired) electrons. The van der Waals surface area contributed by atoms with Crippen LogP contribution in [0.25, 0.3) is 0 Å². The summed E-state index contributed by atoms with van der Waals surface area (Å²) >= 11 is 0. The molecule has 0 aliphatic heterocycles. The van der Waals surface area contributed by atoms with Gasteiger partial charge >= 0.3 is 0 Å². The van der Waals surface area contributed by atoms with Gasteiger partial charge in [-0.3, -0.25) is 0 Å². The third kappa shape index (κ3) is 9.62. The molecule has 66 valence electrons. The fourth-order valence-corrected chi connectivity index (χ4v) is 0.621. The zero-order chi connectivity index (χ0) is 8.36. The van der Waals surface area contributed by atoms with Crippen LogP contribution in [0.15, 0.2) is 12.2 Å². The van der Waals surface area contributed by atoms with E-state index in [0.29, 0.717) is 13.2 Å². The molecule has 0 atom stereocenters. The van der Waals surface area contributed by atoms with E-state index in [9.17, 15) is 0 Å². The van der Waals surface area contributed by atoms with Crippen LogP contribution in [0.5, 0.6) is 0 Å². The minimum Gasteiger partial charge on any atom is -0.385 e. The Morgan fingerprint density at radius 1 is 1.27 bits per heavy atom. The van der Waals surface area contributed by atoms with Crippen molar-refractivity contribution in [1.29, 1.82) is 0 Å². The highest BCUT2D eigenvalue weighted by atomic mass is 16.5. The molecule has 0 aliphatic rings. The van der Waals surface area contributed by atoms with E-state index in [1.807, 2.05) is 12.2 Å². The first-order valence-electron chi connectivity index (χ1n) is 3.83. The normalized spacial score (nSPS) is 11.1. The van der Waals surface area contributed by atoms with Crippen LogP contribution in [-0.4, -0.2) is 33.5 Å². The molecular weight excluding hydrogens is 142 g/mol. The summed E-state index contributed by atoms with van der Waals surface area (Å²) in [6.07, 6.45) is 4.76. The van der Waals surface area contributed by atoms with Crippen molar-refractivity contribution in [2.24, 2.45) is 5.73 Å². The van der Waals surface area contributed by atoms with E-state index in [1.165, 1.54) is 0 Å². The lowest BCUT2D eigenvalue weighted by atomic mass is 10.5. The molecule has 0 aromatic carbocycles. The summed E-state index contributed by atoms with van der Waals surface area (Å²) in [5, 5.41) is 0. The molecule has 0 fully saturated rings. The van der Waals surface area contributed by atoms with Crippen LogP contribution in [0.3, 0.4) is 0 Å². The minimum atomic E-state index is 0.585. The summed E-state index contributed by atoms with van der Waals surface area (Å²) in [6, 6.07) is 0. The maximum Gasteiger partial charge on any atom is 0.0647 e. The van der Waals surface area contributed by atoms with Crippen LogP contribution in [0, 0.1) is 0 Å². The number of nitrogens with two attached hydrogens (primary N) is 1. The van der Waals surface area contributed by atoms with E-state index in [0.717, 1.165) is 19.6 Å². The van der Waals surface area contributed by atoms with Crippen molar-refractivity contribution < 1.29 is 9.47 Å². The number of hydrogen-bond donors (Lipinski definition) is 1. The fraction of sp³-hybridized carbons (Fsp3) is 0.750. The lowest BCUT2D eigenvalue weighted by Crippen LogP contribution is -1.99. The summed E-state index contributed by atoms with van der Waals surface area (Å²) in [6.45, 7) is 2.76. The van der Waals surface area contributed by atoms with Gasteiger partial charge in [0.05, 0.1) is 6.61 Å². The second-order valence-corrected chi connectivity index (χ2v) is 2.13. The predicted octanol–water partition coefficient (Wildman–Crippen LogP) is 0.554. The number of methoxy groups -OCH3 is 1. The molecule has 0 spiro atoms. The summed E-state index contributed by atoms with van der Waals surface area (Å²) in [7, 11) is 1.69. The van der Waals surface area contributed by atoms with Crippen molar-refractivity contribution in [2.75, 3.05) is 33.5 Å². The lowest BCUT2D eigenvalue weighted by Gasteiger charge is -1.99. The Balaban J connectivity index is 2.85. The van der Waals surface area contributed by atoms with E-state index in [2.05, 4.69) is 0 Å². The topological polar surface area (TPSA) is 44.5 Å². The molecule has 0 saturated heterocycles. The van der Waals surface area contributed by atoms with Crippen LogP contribution < -0.4 is 5.73 Å². The quantitative estimate of drug-likeness (QED) is 0.436. The van der Waals surface area contributed by atoms with Crippen LogP contribution in [0.2, 0.25) is 0 Å². The maximum absolute atomic E-state index is 5.23. The largest absolute Gasteiger partial charge is 0.385 e. The molecule has 0 rings (SSSR count). The lowest BCUT2D eigenvalue weighted by molar-refractivity contribution is 0.120. The van der Waals surface area contributed by atoms with Crippen LogP contribution in [0.4, 0.5) is 0 Å². The predicted molar refractivity (Wildman–Crippen MR) is 45.5 cm³/mol. The van der Waals surface area contributed by atoms with E-state index >= 15 is 0 Å². The Kier molecular flexibility index (Phi) is 9.29. The number of hydrogen-bond acceptors (Lipinski definition) is 3. The van der Waals surface area contributed by atoms with Crippen molar-refractivity contribution in [3.63, 3.8) is 0 Å². The third-order valence-electron chi connectivity index (χ3n) is 1.15. The second kappa shape index (κ2) is 9.62. The van der Waals surface area contributed by atoms with Gasteiger partial charge in [0.1, 0.15) is 0 Å². The van der Waals surface area contributed by atoms with Gasteiger partial charge in [-0.1, -0.05) is 12.2 Å². The highest BCUT2D eigenvalue weighted by molar-refractivity contribution is 4.81. The van der Waals surface area contributed by atoms with Gasteiger partial charge in [-0.2, -0.15) is 0 Å².